The van der Waals surface area contributed by atoms with Crippen LogP contribution in [-0.2, 0) is 19.7 Å². The van der Waals surface area contributed by atoms with Crippen LogP contribution in [0.2, 0.25) is 0 Å². The van der Waals surface area contributed by atoms with Crippen LogP contribution in [0.5, 0.6) is 0 Å². The molecule has 1 unspecified atom stereocenters. The van der Waals surface area contributed by atoms with Gasteiger partial charge in [0.15, 0.2) is 5.25 Å². The molecule has 0 bridgehead atoms. The summed E-state index contributed by atoms with van der Waals surface area (Å²) in [7, 11) is -5.06. The minimum Gasteiger partial charge on any atom is -0.481 e. The molecule has 7 nitrogen and oxygen atoms in total. The molecule has 0 aromatic rings. The normalized spacial score (nSPS) is 13.2. The summed E-state index contributed by atoms with van der Waals surface area (Å²) in [5.41, 5.74) is -2.01. The van der Waals surface area contributed by atoms with Gasteiger partial charge in [-0.3, -0.25) is 14.1 Å². The highest BCUT2D eigenvalue weighted by Gasteiger charge is 2.55. The zero-order valence-corrected chi connectivity index (χ0v) is 21.0. The fraction of sp³-hybridized carbons (Fsp3) is 0.917. The number of hydrogen-bond acceptors (Lipinski definition) is 4. The zero-order chi connectivity index (χ0) is 24.5. The molecule has 0 rings (SSSR count). The van der Waals surface area contributed by atoms with Gasteiger partial charge in [-0.05, 0) is 12.8 Å². The first kappa shape index (κ1) is 30.9. The molecule has 8 heteroatoms. The molecule has 0 aliphatic rings. The van der Waals surface area contributed by atoms with Crippen molar-refractivity contribution in [2.75, 3.05) is 0 Å². The van der Waals surface area contributed by atoms with Crippen molar-refractivity contribution in [3.63, 3.8) is 0 Å². The Bertz CT molecular complexity index is 596. The van der Waals surface area contributed by atoms with Crippen LogP contribution in [0.3, 0.4) is 0 Å². The second kappa shape index (κ2) is 17.3. The van der Waals surface area contributed by atoms with Crippen molar-refractivity contribution in [2.24, 2.45) is 5.41 Å². The van der Waals surface area contributed by atoms with Crippen molar-refractivity contribution >= 4 is 22.1 Å². The Hall–Kier alpha value is -1.15. The lowest BCUT2D eigenvalue weighted by Crippen LogP contribution is -2.51. The highest BCUT2D eigenvalue weighted by molar-refractivity contribution is 7.87. The molecule has 0 amide bonds. The van der Waals surface area contributed by atoms with Crippen molar-refractivity contribution in [1.29, 1.82) is 0 Å². The second-order valence-electron chi connectivity index (χ2n) is 9.14. The Morgan fingerprint density at radius 2 is 0.969 bits per heavy atom. The van der Waals surface area contributed by atoms with Crippen molar-refractivity contribution in [1.82, 2.24) is 0 Å². The summed E-state index contributed by atoms with van der Waals surface area (Å²) in [4.78, 5) is 24.0. The van der Waals surface area contributed by atoms with Crippen LogP contribution < -0.4 is 0 Å². The topological polar surface area (TPSA) is 129 Å². The second-order valence-corrected chi connectivity index (χ2v) is 10.6. The van der Waals surface area contributed by atoms with Gasteiger partial charge in [0.2, 0.25) is 0 Å². The van der Waals surface area contributed by atoms with Crippen molar-refractivity contribution < 1.29 is 32.8 Å². The van der Waals surface area contributed by atoms with Crippen LogP contribution in [0, 0.1) is 5.41 Å². The van der Waals surface area contributed by atoms with Gasteiger partial charge in [0.05, 0.1) is 5.41 Å². The maximum absolute atomic E-state index is 12.3. The third-order valence-electron chi connectivity index (χ3n) is 6.40. The molecule has 0 aliphatic heterocycles. The van der Waals surface area contributed by atoms with Crippen molar-refractivity contribution in [3.05, 3.63) is 0 Å². The average Bonchev–Trinajstić information content (AvgIpc) is 2.70. The van der Waals surface area contributed by atoms with Gasteiger partial charge in [0.1, 0.15) is 0 Å². The number of carbonyl (C=O) groups is 2. The Morgan fingerprint density at radius 1 is 0.656 bits per heavy atom. The monoisotopic (exact) mass is 478 g/mol. The van der Waals surface area contributed by atoms with E-state index in [-0.39, 0.29) is 12.8 Å². The summed E-state index contributed by atoms with van der Waals surface area (Å²) < 4.78 is 33.4. The van der Waals surface area contributed by atoms with E-state index in [0.717, 1.165) is 77.0 Å². The molecule has 32 heavy (non-hydrogen) atoms. The first-order chi connectivity index (χ1) is 15.1. The molecule has 0 saturated carbocycles. The van der Waals surface area contributed by atoms with E-state index in [1.807, 2.05) is 0 Å². The van der Waals surface area contributed by atoms with Crippen LogP contribution in [-0.4, -0.2) is 40.4 Å². The lowest BCUT2D eigenvalue weighted by atomic mass is 9.74. The number of carboxylic acids is 2. The van der Waals surface area contributed by atoms with Gasteiger partial charge in [-0.2, -0.15) is 8.42 Å². The van der Waals surface area contributed by atoms with E-state index in [2.05, 4.69) is 13.8 Å². The summed E-state index contributed by atoms with van der Waals surface area (Å²) in [6, 6.07) is 0. The fourth-order valence-electron chi connectivity index (χ4n) is 4.51. The first-order valence-corrected chi connectivity index (χ1v) is 14.1. The van der Waals surface area contributed by atoms with Crippen LogP contribution in [0.4, 0.5) is 0 Å². The third-order valence-corrected chi connectivity index (χ3v) is 7.65. The van der Waals surface area contributed by atoms with E-state index in [4.69, 9.17) is 0 Å². The van der Waals surface area contributed by atoms with Crippen molar-refractivity contribution in [3.8, 4) is 0 Å². The van der Waals surface area contributed by atoms with Crippen LogP contribution in [0.25, 0.3) is 0 Å². The Balaban J connectivity index is 5.05. The Kier molecular flexibility index (Phi) is 16.7. The molecule has 0 fully saturated rings. The molecular weight excluding hydrogens is 432 g/mol. The number of hydrogen-bond donors (Lipinski definition) is 3. The summed E-state index contributed by atoms with van der Waals surface area (Å²) in [6.07, 6.45) is 15.3. The van der Waals surface area contributed by atoms with Gasteiger partial charge >= 0.3 is 11.9 Å². The summed E-state index contributed by atoms with van der Waals surface area (Å²) >= 11 is 0. The van der Waals surface area contributed by atoms with Gasteiger partial charge < -0.3 is 10.2 Å². The highest BCUT2D eigenvalue weighted by atomic mass is 32.2. The lowest BCUT2D eigenvalue weighted by molar-refractivity contribution is -0.156. The SMILES string of the molecule is CCCCCCCCCCC(CCCCCCCCCC)(C(=O)O)C(C(=O)O)S(=O)(=O)O. The van der Waals surface area contributed by atoms with E-state index >= 15 is 0 Å². The van der Waals surface area contributed by atoms with E-state index in [9.17, 15) is 32.8 Å². The molecule has 190 valence electrons. The van der Waals surface area contributed by atoms with E-state index in [0.29, 0.717) is 12.8 Å². The molecule has 0 aromatic carbocycles. The molecule has 0 aliphatic carbocycles. The van der Waals surface area contributed by atoms with Gasteiger partial charge in [0, 0.05) is 0 Å². The van der Waals surface area contributed by atoms with Crippen LogP contribution in [0.1, 0.15) is 129 Å². The predicted molar refractivity (Wildman–Crippen MR) is 127 cm³/mol. The standard InChI is InChI=1S/C24H46O7S/c1-3-5-7-9-11-13-15-17-19-24(23(27)28,21(22(25)26)32(29,30)31)20-18-16-14-12-10-8-6-4-2/h21H,3-20H2,1-2H3,(H,25,26)(H,27,28)(H,29,30,31). The van der Waals surface area contributed by atoms with Gasteiger partial charge in [-0.25, -0.2) is 0 Å². The summed E-state index contributed by atoms with van der Waals surface area (Å²) in [6.45, 7) is 4.29. The minimum atomic E-state index is -5.06. The largest absolute Gasteiger partial charge is 0.481 e. The van der Waals surface area contributed by atoms with E-state index < -0.39 is 32.7 Å². The van der Waals surface area contributed by atoms with Gasteiger partial charge in [-0.1, -0.05) is 117 Å². The lowest BCUT2D eigenvalue weighted by Gasteiger charge is -2.33. The molecule has 0 radical (unpaired) electrons. The van der Waals surface area contributed by atoms with E-state index in [1.165, 1.54) is 12.8 Å². The first-order valence-electron chi connectivity index (χ1n) is 12.6. The number of aliphatic carboxylic acids is 2. The molecule has 1 atom stereocenters. The Labute approximate surface area is 195 Å². The molecule has 3 N–H and O–H groups in total. The predicted octanol–water partition coefficient (Wildman–Crippen LogP) is 6.46. The van der Waals surface area contributed by atoms with Gasteiger partial charge in [0.25, 0.3) is 10.1 Å². The molecular formula is C24H46O7S. The smallest absolute Gasteiger partial charge is 0.325 e. The van der Waals surface area contributed by atoms with Gasteiger partial charge in [-0.15, -0.1) is 0 Å². The maximum atomic E-state index is 12.3. The van der Waals surface area contributed by atoms with Crippen LogP contribution in [0.15, 0.2) is 0 Å². The number of rotatable bonds is 22. The number of carboxylic acid groups (broad SMARTS) is 2. The number of unbranched alkanes of at least 4 members (excludes halogenated alkanes) is 14. The van der Waals surface area contributed by atoms with Crippen molar-refractivity contribution in [2.45, 2.75) is 135 Å². The Morgan fingerprint density at radius 3 is 1.22 bits per heavy atom. The fourth-order valence-corrected chi connectivity index (χ4v) is 5.67. The molecule has 0 aromatic heterocycles. The third kappa shape index (κ3) is 12.2. The summed E-state index contributed by atoms with van der Waals surface area (Å²) in [5.74, 6) is -3.25. The highest BCUT2D eigenvalue weighted by Crippen LogP contribution is 2.39. The average molecular weight is 479 g/mol. The van der Waals surface area contributed by atoms with Crippen LogP contribution >= 0.6 is 0 Å². The minimum absolute atomic E-state index is 0.0649. The molecule has 0 saturated heterocycles. The van der Waals surface area contributed by atoms with E-state index in [1.54, 1.807) is 0 Å². The quantitative estimate of drug-likeness (QED) is 0.120. The maximum Gasteiger partial charge on any atom is 0.325 e. The summed E-state index contributed by atoms with van der Waals surface area (Å²) in [5, 5.41) is 17.2. The molecule has 0 spiro atoms. The molecule has 0 heterocycles. The zero-order valence-electron chi connectivity index (χ0n) is 20.2.